The molecule has 0 spiro atoms. The topological polar surface area (TPSA) is 88.6 Å². The Balaban J connectivity index is 1.76. The number of hydrogen-bond acceptors (Lipinski definition) is 6. The Hall–Kier alpha value is -2.84. The van der Waals surface area contributed by atoms with E-state index in [4.69, 9.17) is 8.83 Å². The van der Waals surface area contributed by atoms with Gasteiger partial charge in [-0.3, -0.25) is 9.62 Å². The molecule has 154 valence electrons. The zero-order valence-corrected chi connectivity index (χ0v) is 17.8. The van der Waals surface area contributed by atoms with E-state index in [0.29, 0.717) is 29.4 Å². The number of benzene rings is 1. The Morgan fingerprint density at radius 3 is 2.69 bits per heavy atom. The minimum absolute atomic E-state index is 0.389. The fourth-order valence-electron chi connectivity index (χ4n) is 3.05. The molecular weight excluding hydrogens is 390 g/mol. The highest BCUT2D eigenvalue weighted by Crippen LogP contribution is 2.29. The number of oxazole rings is 1. The van der Waals surface area contributed by atoms with Crippen LogP contribution in [-0.2, 0) is 16.6 Å². The van der Waals surface area contributed by atoms with Gasteiger partial charge in [0.25, 0.3) is 0 Å². The van der Waals surface area contributed by atoms with Crippen molar-refractivity contribution in [2.75, 3.05) is 24.6 Å². The maximum atomic E-state index is 11.6. The highest BCUT2D eigenvalue weighted by atomic mass is 32.2. The molecule has 3 rings (SSSR count). The van der Waals surface area contributed by atoms with Gasteiger partial charge in [0, 0.05) is 13.1 Å². The number of furan rings is 1. The van der Waals surface area contributed by atoms with Crippen LogP contribution in [0, 0.1) is 6.92 Å². The quantitative estimate of drug-likeness (QED) is 0.595. The van der Waals surface area contributed by atoms with Gasteiger partial charge in [0.1, 0.15) is 11.5 Å². The smallest absolute Gasteiger partial charge is 0.229 e. The standard InChI is InChI=1S/C21H25N3O4S/c1-15(12-17-8-7-11-27-17)13-24(3)14-20-16(2)28-21(22-20)18-9-5-6-10-19(18)23-29(4,25)26/h5-12,23H,13-14H2,1-4H3. The van der Waals surface area contributed by atoms with Crippen LogP contribution in [0.25, 0.3) is 17.5 Å². The van der Waals surface area contributed by atoms with Gasteiger partial charge in [-0.2, -0.15) is 0 Å². The largest absolute Gasteiger partial charge is 0.465 e. The highest BCUT2D eigenvalue weighted by Gasteiger charge is 2.17. The van der Waals surface area contributed by atoms with E-state index in [1.54, 1.807) is 24.5 Å². The zero-order chi connectivity index (χ0) is 21.0. The number of para-hydroxylation sites is 1. The Labute approximate surface area is 171 Å². The Morgan fingerprint density at radius 1 is 1.24 bits per heavy atom. The van der Waals surface area contributed by atoms with Crippen LogP contribution in [0.2, 0.25) is 0 Å². The molecule has 0 fully saturated rings. The second kappa shape index (κ2) is 8.67. The van der Waals surface area contributed by atoms with Crippen LogP contribution in [0.5, 0.6) is 0 Å². The number of anilines is 1. The fourth-order valence-corrected chi connectivity index (χ4v) is 3.62. The van der Waals surface area contributed by atoms with Crippen LogP contribution >= 0.6 is 0 Å². The first-order chi connectivity index (χ1) is 13.7. The molecule has 0 saturated carbocycles. The Morgan fingerprint density at radius 2 is 2.00 bits per heavy atom. The van der Waals surface area contributed by atoms with Gasteiger partial charge in [0.2, 0.25) is 15.9 Å². The predicted molar refractivity (Wildman–Crippen MR) is 114 cm³/mol. The summed E-state index contributed by atoms with van der Waals surface area (Å²) in [6, 6.07) is 10.8. The lowest BCUT2D eigenvalue weighted by molar-refractivity contribution is 0.349. The minimum Gasteiger partial charge on any atom is -0.465 e. The molecule has 2 aromatic heterocycles. The van der Waals surface area contributed by atoms with Gasteiger partial charge in [-0.05, 0) is 51.2 Å². The minimum atomic E-state index is -3.41. The summed E-state index contributed by atoms with van der Waals surface area (Å²) in [5.74, 6) is 1.92. The van der Waals surface area contributed by atoms with Crippen molar-refractivity contribution in [1.82, 2.24) is 9.88 Å². The maximum absolute atomic E-state index is 11.6. The van der Waals surface area contributed by atoms with E-state index in [-0.39, 0.29) is 0 Å². The third-order valence-electron chi connectivity index (χ3n) is 4.22. The molecule has 7 nitrogen and oxygen atoms in total. The van der Waals surface area contributed by atoms with E-state index in [2.05, 4.69) is 14.6 Å². The van der Waals surface area contributed by atoms with Crippen molar-refractivity contribution in [2.24, 2.45) is 0 Å². The van der Waals surface area contributed by atoms with Crippen molar-refractivity contribution in [3.05, 3.63) is 65.4 Å². The van der Waals surface area contributed by atoms with Crippen molar-refractivity contribution in [1.29, 1.82) is 0 Å². The van der Waals surface area contributed by atoms with Crippen LogP contribution in [0.1, 0.15) is 24.1 Å². The normalized spacial score (nSPS) is 12.5. The SMILES string of the molecule is CC(=Cc1ccco1)CN(C)Cc1nc(-c2ccccc2NS(C)(=O)=O)oc1C. The second-order valence-corrected chi connectivity index (χ2v) is 8.87. The number of hydrogen-bond donors (Lipinski definition) is 1. The summed E-state index contributed by atoms with van der Waals surface area (Å²) in [7, 11) is -1.40. The molecule has 1 N–H and O–H groups in total. The molecule has 0 aliphatic heterocycles. The highest BCUT2D eigenvalue weighted by molar-refractivity contribution is 7.92. The first kappa shape index (κ1) is 20.9. The molecule has 0 saturated heterocycles. The third-order valence-corrected chi connectivity index (χ3v) is 4.81. The van der Waals surface area contributed by atoms with Gasteiger partial charge in [-0.1, -0.05) is 17.7 Å². The van der Waals surface area contributed by atoms with Crippen LogP contribution in [0.15, 0.2) is 57.1 Å². The summed E-state index contributed by atoms with van der Waals surface area (Å²) in [6.07, 6.45) is 4.77. The lowest BCUT2D eigenvalue weighted by Gasteiger charge is -2.15. The van der Waals surface area contributed by atoms with Gasteiger partial charge >= 0.3 is 0 Å². The van der Waals surface area contributed by atoms with Crippen molar-refractivity contribution in [3.8, 4) is 11.5 Å². The second-order valence-electron chi connectivity index (χ2n) is 7.12. The van der Waals surface area contributed by atoms with Crippen LogP contribution in [0.3, 0.4) is 0 Å². The average Bonchev–Trinajstić information content (AvgIpc) is 3.24. The van der Waals surface area contributed by atoms with Gasteiger partial charge in [0.15, 0.2) is 0 Å². The van der Waals surface area contributed by atoms with Gasteiger partial charge in [0.05, 0.1) is 29.5 Å². The van der Waals surface area contributed by atoms with Gasteiger partial charge in [-0.15, -0.1) is 0 Å². The number of sulfonamides is 1. The third kappa shape index (κ3) is 5.82. The fraction of sp³-hybridized carbons (Fsp3) is 0.286. The lowest BCUT2D eigenvalue weighted by atomic mass is 10.2. The van der Waals surface area contributed by atoms with E-state index >= 15 is 0 Å². The van der Waals surface area contributed by atoms with Crippen LogP contribution in [0.4, 0.5) is 5.69 Å². The van der Waals surface area contributed by atoms with E-state index in [0.717, 1.165) is 29.8 Å². The summed E-state index contributed by atoms with van der Waals surface area (Å²) >= 11 is 0. The number of likely N-dealkylation sites (N-methyl/N-ethyl adjacent to an activating group) is 1. The molecule has 0 aliphatic carbocycles. The molecule has 2 heterocycles. The molecule has 0 radical (unpaired) electrons. The van der Waals surface area contributed by atoms with Crippen LogP contribution < -0.4 is 4.72 Å². The van der Waals surface area contributed by atoms with E-state index in [1.165, 1.54) is 0 Å². The van der Waals surface area contributed by atoms with Crippen molar-refractivity contribution >= 4 is 21.8 Å². The van der Waals surface area contributed by atoms with Crippen molar-refractivity contribution in [2.45, 2.75) is 20.4 Å². The van der Waals surface area contributed by atoms with E-state index < -0.39 is 10.0 Å². The van der Waals surface area contributed by atoms with Crippen LogP contribution in [-0.4, -0.2) is 38.1 Å². The van der Waals surface area contributed by atoms with Gasteiger partial charge in [-0.25, -0.2) is 13.4 Å². The first-order valence-electron chi connectivity index (χ1n) is 9.14. The summed E-state index contributed by atoms with van der Waals surface area (Å²) in [6.45, 7) is 5.25. The molecule has 8 heteroatoms. The summed E-state index contributed by atoms with van der Waals surface area (Å²) < 4.78 is 37.0. The number of aromatic nitrogens is 1. The number of rotatable bonds is 8. The molecule has 0 aliphatic rings. The average molecular weight is 416 g/mol. The first-order valence-corrected chi connectivity index (χ1v) is 11.0. The monoisotopic (exact) mass is 415 g/mol. The summed E-state index contributed by atoms with van der Waals surface area (Å²) in [4.78, 5) is 6.74. The molecule has 29 heavy (non-hydrogen) atoms. The molecule has 0 bridgehead atoms. The van der Waals surface area contributed by atoms with Crippen molar-refractivity contribution < 1.29 is 17.3 Å². The lowest BCUT2D eigenvalue weighted by Crippen LogP contribution is -2.20. The predicted octanol–water partition coefficient (Wildman–Crippen LogP) is 4.15. The molecule has 1 aromatic carbocycles. The molecule has 3 aromatic rings. The van der Waals surface area contributed by atoms with E-state index in [1.807, 2.05) is 45.2 Å². The van der Waals surface area contributed by atoms with Gasteiger partial charge < -0.3 is 8.83 Å². The maximum Gasteiger partial charge on any atom is 0.229 e. The summed E-state index contributed by atoms with van der Waals surface area (Å²) in [5, 5.41) is 0. The molecule has 0 unspecified atom stereocenters. The van der Waals surface area contributed by atoms with Crippen molar-refractivity contribution in [3.63, 3.8) is 0 Å². The number of nitrogens with one attached hydrogen (secondary N) is 1. The Kier molecular flexibility index (Phi) is 6.24. The number of aryl methyl sites for hydroxylation is 1. The number of nitrogens with zero attached hydrogens (tertiary/aromatic N) is 2. The summed E-state index contributed by atoms with van der Waals surface area (Å²) in [5.41, 5.74) is 3.01. The molecule has 0 atom stereocenters. The molecule has 0 amide bonds. The Bertz CT molecular complexity index is 1100. The molecular formula is C21H25N3O4S. The zero-order valence-electron chi connectivity index (χ0n) is 17.0. The van der Waals surface area contributed by atoms with E-state index in [9.17, 15) is 8.42 Å².